The van der Waals surface area contributed by atoms with E-state index in [-0.39, 0.29) is 18.2 Å². The number of morpholine rings is 1. The van der Waals surface area contributed by atoms with Crippen LogP contribution < -0.4 is 5.32 Å². The first-order valence-electron chi connectivity index (χ1n) is 6.81. The molecule has 2 rings (SSSR count). The Balaban J connectivity index is 1.88. The molecule has 1 fully saturated rings. The summed E-state index contributed by atoms with van der Waals surface area (Å²) in [5.41, 5.74) is 0.693. The highest BCUT2D eigenvalue weighted by Gasteiger charge is 2.25. The Morgan fingerprint density at radius 1 is 1.50 bits per heavy atom. The fourth-order valence-corrected chi connectivity index (χ4v) is 2.28. The van der Waals surface area contributed by atoms with Gasteiger partial charge >= 0.3 is 6.03 Å². The van der Waals surface area contributed by atoms with E-state index in [0.29, 0.717) is 31.9 Å². The molecule has 2 atom stereocenters. The molecular weight excluding hydrogens is 260 g/mol. The Kier molecular flexibility index (Phi) is 4.97. The van der Waals surface area contributed by atoms with Gasteiger partial charge in [-0.15, -0.1) is 0 Å². The second-order valence-corrected chi connectivity index (χ2v) is 5.08. The molecule has 1 aliphatic rings. The van der Waals surface area contributed by atoms with E-state index in [1.165, 1.54) is 0 Å². The number of hydrogen-bond acceptors (Lipinski definition) is 4. The number of nitrogens with zero attached hydrogens (tertiary/aromatic N) is 3. The zero-order chi connectivity index (χ0) is 14.5. The minimum Gasteiger partial charge on any atom is -0.383 e. The third-order valence-corrected chi connectivity index (χ3v) is 3.12. The average molecular weight is 282 g/mol. The van der Waals surface area contributed by atoms with Gasteiger partial charge in [-0.2, -0.15) is 5.10 Å². The van der Waals surface area contributed by atoms with Gasteiger partial charge in [0.25, 0.3) is 0 Å². The molecule has 1 aliphatic heterocycles. The number of methoxy groups -OCH3 is 1. The third-order valence-electron chi connectivity index (χ3n) is 3.12. The molecular formula is C13H22N4O3. The van der Waals surface area contributed by atoms with Crippen molar-refractivity contribution < 1.29 is 14.3 Å². The van der Waals surface area contributed by atoms with Gasteiger partial charge in [-0.25, -0.2) is 4.79 Å². The SMILES string of the molecule is COCCn1cc(NC(=O)N2C[C@@H](C)O[C@H](C)C2)cn1. The number of nitrogens with one attached hydrogen (secondary N) is 1. The van der Waals surface area contributed by atoms with E-state index in [0.717, 1.165) is 0 Å². The Bertz CT molecular complexity index is 439. The number of ether oxygens (including phenoxy) is 2. The second kappa shape index (κ2) is 6.71. The van der Waals surface area contributed by atoms with Crippen molar-refractivity contribution in [3.05, 3.63) is 12.4 Å². The average Bonchev–Trinajstić information content (AvgIpc) is 2.82. The number of anilines is 1. The molecule has 2 heterocycles. The molecule has 20 heavy (non-hydrogen) atoms. The lowest BCUT2D eigenvalue weighted by Crippen LogP contribution is -2.49. The van der Waals surface area contributed by atoms with Crippen LogP contribution in [-0.2, 0) is 16.0 Å². The van der Waals surface area contributed by atoms with Gasteiger partial charge in [0.05, 0.1) is 37.2 Å². The second-order valence-electron chi connectivity index (χ2n) is 5.08. The number of amides is 2. The van der Waals surface area contributed by atoms with Crippen molar-refractivity contribution >= 4 is 11.7 Å². The fourth-order valence-electron chi connectivity index (χ4n) is 2.28. The van der Waals surface area contributed by atoms with Gasteiger partial charge in [-0.1, -0.05) is 0 Å². The van der Waals surface area contributed by atoms with Gasteiger partial charge in [0, 0.05) is 26.4 Å². The number of carbonyl (C=O) groups excluding carboxylic acids is 1. The van der Waals surface area contributed by atoms with Crippen molar-refractivity contribution in [1.82, 2.24) is 14.7 Å². The van der Waals surface area contributed by atoms with Gasteiger partial charge in [0.2, 0.25) is 0 Å². The molecule has 0 bridgehead atoms. The summed E-state index contributed by atoms with van der Waals surface area (Å²) in [4.78, 5) is 13.9. The Hall–Kier alpha value is -1.60. The predicted molar refractivity (Wildman–Crippen MR) is 74.7 cm³/mol. The van der Waals surface area contributed by atoms with Crippen LogP contribution in [0.15, 0.2) is 12.4 Å². The van der Waals surface area contributed by atoms with Gasteiger partial charge in [-0.3, -0.25) is 4.68 Å². The number of rotatable bonds is 4. The van der Waals surface area contributed by atoms with Gasteiger partial charge in [0.1, 0.15) is 0 Å². The molecule has 7 heteroatoms. The molecule has 0 unspecified atom stereocenters. The minimum atomic E-state index is -0.113. The van der Waals surface area contributed by atoms with Gasteiger partial charge < -0.3 is 19.7 Å². The lowest BCUT2D eigenvalue weighted by molar-refractivity contribution is -0.0530. The van der Waals surface area contributed by atoms with Crippen LogP contribution in [0.2, 0.25) is 0 Å². The van der Waals surface area contributed by atoms with Crippen molar-refractivity contribution in [3.8, 4) is 0 Å². The van der Waals surface area contributed by atoms with Gasteiger partial charge in [-0.05, 0) is 13.8 Å². The van der Waals surface area contributed by atoms with Crippen molar-refractivity contribution in [3.63, 3.8) is 0 Å². The van der Waals surface area contributed by atoms with E-state index in [4.69, 9.17) is 9.47 Å². The predicted octanol–water partition coefficient (Wildman–Crippen LogP) is 1.17. The van der Waals surface area contributed by atoms with Crippen molar-refractivity contribution in [2.75, 3.05) is 32.1 Å². The molecule has 1 saturated heterocycles. The van der Waals surface area contributed by atoms with Crippen LogP contribution in [-0.4, -0.2) is 59.7 Å². The largest absolute Gasteiger partial charge is 0.383 e. The molecule has 0 radical (unpaired) electrons. The van der Waals surface area contributed by atoms with Crippen LogP contribution in [0.3, 0.4) is 0 Å². The van der Waals surface area contributed by atoms with Crippen molar-refractivity contribution in [1.29, 1.82) is 0 Å². The minimum absolute atomic E-state index is 0.0638. The number of aromatic nitrogens is 2. The number of carbonyl (C=O) groups is 1. The molecule has 0 aliphatic carbocycles. The normalized spacial score (nSPS) is 22.9. The fraction of sp³-hybridized carbons (Fsp3) is 0.692. The van der Waals surface area contributed by atoms with E-state index in [2.05, 4.69) is 10.4 Å². The first-order valence-corrected chi connectivity index (χ1v) is 6.81. The maximum absolute atomic E-state index is 12.2. The number of hydrogen-bond donors (Lipinski definition) is 1. The Labute approximate surface area is 118 Å². The number of urea groups is 1. The van der Waals surface area contributed by atoms with Crippen LogP contribution in [0.4, 0.5) is 10.5 Å². The summed E-state index contributed by atoms with van der Waals surface area (Å²) < 4.78 is 12.3. The Morgan fingerprint density at radius 2 is 2.20 bits per heavy atom. The summed E-state index contributed by atoms with van der Waals surface area (Å²) in [6.07, 6.45) is 3.56. The lowest BCUT2D eigenvalue weighted by atomic mass is 10.2. The molecule has 1 aromatic heterocycles. The first-order chi connectivity index (χ1) is 9.58. The zero-order valence-corrected chi connectivity index (χ0v) is 12.2. The van der Waals surface area contributed by atoms with Crippen LogP contribution in [0, 0.1) is 0 Å². The molecule has 7 nitrogen and oxygen atoms in total. The molecule has 1 N–H and O–H groups in total. The van der Waals surface area contributed by atoms with Crippen LogP contribution in [0.1, 0.15) is 13.8 Å². The van der Waals surface area contributed by atoms with E-state index >= 15 is 0 Å². The van der Waals surface area contributed by atoms with E-state index in [1.807, 2.05) is 13.8 Å². The third kappa shape index (κ3) is 3.94. The van der Waals surface area contributed by atoms with Crippen LogP contribution in [0.25, 0.3) is 0 Å². The maximum atomic E-state index is 12.2. The smallest absolute Gasteiger partial charge is 0.322 e. The summed E-state index contributed by atoms with van der Waals surface area (Å²) >= 11 is 0. The van der Waals surface area contributed by atoms with Crippen molar-refractivity contribution in [2.45, 2.75) is 32.6 Å². The first kappa shape index (κ1) is 14.8. The van der Waals surface area contributed by atoms with Gasteiger partial charge in [0.15, 0.2) is 0 Å². The van der Waals surface area contributed by atoms with Crippen LogP contribution in [0.5, 0.6) is 0 Å². The zero-order valence-electron chi connectivity index (χ0n) is 12.2. The molecule has 112 valence electrons. The highest BCUT2D eigenvalue weighted by Crippen LogP contribution is 2.13. The topological polar surface area (TPSA) is 68.6 Å². The summed E-state index contributed by atoms with van der Waals surface area (Å²) in [6.45, 7) is 6.41. The monoisotopic (exact) mass is 282 g/mol. The van der Waals surface area contributed by atoms with E-state index in [9.17, 15) is 4.79 Å². The summed E-state index contributed by atoms with van der Waals surface area (Å²) in [7, 11) is 1.65. The molecule has 0 saturated carbocycles. The van der Waals surface area contributed by atoms with E-state index < -0.39 is 0 Å². The van der Waals surface area contributed by atoms with E-state index in [1.54, 1.807) is 29.1 Å². The summed E-state index contributed by atoms with van der Waals surface area (Å²) in [5, 5.41) is 7.02. The molecule has 1 aromatic rings. The molecule has 2 amide bonds. The lowest BCUT2D eigenvalue weighted by Gasteiger charge is -2.35. The highest BCUT2D eigenvalue weighted by molar-refractivity contribution is 5.89. The summed E-state index contributed by atoms with van der Waals surface area (Å²) in [5.74, 6) is 0. The maximum Gasteiger partial charge on any atom is 0.322 e. The summed E-state index contributed by atoms with van der Waals surface area (Å²) in [6, 6.07) is -0.113. The quantitative estimate of drug-likeness (QED) is 0.900. The Morgan fingerprint density at radius 3 is 2.85 bits per heavy atom. The molecule has 0 spiro atoms. The highest BCUT2D eigenvalue weighted by atomic mass is 16.5. The standard InChI is InChI=1S/C13H22N4O3/c1-10-7-16(8-11(2)20-10)13(18)15-12-6-14-17(9-12)4-5-19-3/h6,9-11H,4-5,7-8H2,1-3H3,(H,15,18)/t10-,11-/m1/s1. The van der Waals surface area contributed by atoms with Crippen molar-refractivity contribution in [2.24, 2.45) is 0 Å². The molecule has 0 aromatic carbocycles. The van der Waals surface area contributed by atoms with Crippen LogP contribution >= 0.6 is 0 Å².